The van der Waals surface area contributed by atoms with Gasteiger partial charge in [0.1, 0.15) is 11.4 Å². The fourth-order valence-corrected chi connectivity index (χ4v) is 3.63. The van der Waals surface area contributed by atoms with Gasteiger partial charge in [-0.1, -0.05) is 30.3 Å². The molecule has 6 heteroatoms. The van der Waals surface area contributed by atoms with Crippen molar-refractivity contribution in [1.82, 2.24) is 10.2 Å². The van der Waals surface area contributed by atoms with Gasteiger partial charge in [-0.2, -0.15) is 0 Å². The Morgan fingerprint density at radius 2 is 1.82 bits per heavy atom. The molecule has 2 fully saturated rings. The Bertz CT molecular complexity index is 918. The lowest BCUT2D eigenvalue weighted by molar-refractivity contribution is -0.123. The van der Waals surface area contributed by atoms with Gasteiger partial charge in [-0.25, -0.2) is 4.79 Å². The van der Waals surface area contributed by atoms with Crippen molar-refractivity contribution in [2.45, 2.75) is 19.4 Å². The number of rotatable bonds is 5. The Hall–Kier alpha value is -3.28. The van der Waals surface area contributed by atoms with E-state index in [2.05, 4.69) is 10.2 Å². The average molecular weight is 377 g/mol. The van der Waals surface area contributed by atoms with Crippen LogP contribution >= 0.6 is 0 Å². The first-order chi connectivity index (χ1) is 13.7. The number of methoxy groups -OCH3 is 1. The first kappa shape index (κ1) is 18.1. The standard InChI is InChI=1S/C22H23N3O3/c1-28-20-14-18(24-11-5-6-12-24)10-9-17(20)13-19-21(26)25(22(27)23-19)15-16-7-3-2-4-8-16/h2-4,7-10,13-14H,5-6,11-12,15H2,1H3,(H,23,27). The second-order valence-corrected chi connectivity index (χ2v) is 6.99. The van der Waals surface area contributed by atoms with Crippen LogP contribution in [0.4, 0.5) is 10.5 Å². The number of benzene rings is 2. The predicted molar refractivity (Wildman–Crippen MR) is 108 cm³/mol. The molecule has 0 bridgehead atoms. The summed E-state index contributed by atoms with van der Waals surface area (Å²) in [5.41, 5.74) is 3.03. The molecule has 1 N–H and O–H groups in total. The van der Waals surface area contributed by atoms with E-state index in [1.807, 2.05) is 48.5 Å². The summed E-state index contributed by atoms with van der Waals surface area (Å²) >= 11 is 0. The van der Waals surface area contributed by atoms with Gasteiger partial charge in [0.15, 0.2) is 0 Å². The van der Waals surface area contributed by atoms with E-state index in [9.17, 15) is 9.59 Å². The maximum absolute atomic E-state index is 12.7. The van der Waals surface area contributed by atoms with E-state index in [4.69, 9.17) is 4.74 Å². The molecule has 0 aliphatic carbocycles. The van der Waals surface area contributed by atoms with Gasteiger partial charge in [-0.3, -0.25) is 9.69 Å². The van der Waals surface area contributed by atoms with Crippen molar-refractivity contribution in [2.75, 3.05) is 25.1 Å². The van der Waals surface area contributed by atoms with Gasteiger partial charge in [0.05, 0.1) is 13.7 Å². The molecule has 0 radical (unpaired) electrons. The number of carbonyl (C=O) groups is 2. The van der Waals surface area contributed by atoms with Crippen LogP contribution < -0.4 is 15.0 Å². The third-order valence-electron chi connectivity index (χ3n) is 5.13. The van der Waals surface area contributed by atoms with Crippen LogP contribution in [0.3, 0.4) is 0 Å². The fourth-order valence-electron chi connectivity index (χ4n) is 3.63. The highest BCUT2D eigenvalue weighted by molar-refractivity contribution is 6.14. The summed E-state index contributed by atoms with van der Waals surface area (Å²) in [6, 6.07) is 15.0. The van der Waals surface area contributed by atoms with Crippen molar-refractivity contribution in [3.63, 3.8) is 0 Å². The second kappa shape index (κ2) is 7.76. The first-order valence-electron chi connectivity index (χ1n) is 9.47. The Morgan fingerprint density at radius 3 is 2.54 bits per heavy atom. The van der Waals surface area contributed by atoms with Crippen molar-refractivity contribution in [2.24, 2.45) is 0 Å². The number of hydrogen-bond donors (Lipinski definition) is 1. The lowest BCUT2D eigenvalue weighted by Gasteiger charge is -2.19. The molecule has 0 aromatic heterocycles. The van der Waals surface area contributed by atoms with Crippen LogP contribution in [0.2, 0.25) is 0 Å². The number of amides is 3. The van der Waals surface area contributed by atoms with Gasteiger partial charge in [0, 0.05) is 30.4 Å². The Kier molecular flexibility index (Phi) is 5.02. The highest BCUT2D eigenvalue weighted by atomic mass is 16.5. The van der Waals surface area contributed by atoms with E-state index in [1.54, 1.807) is 13.2 Å². The molecule has 0 spiro atoms. The number of hydrogen-bond acceptors (Lipinski definition) is 4. The average Bonchev–Trinajstić information content (AvgIpc) is 3.34. The molecular formula is C22H23N3O3. The summed E-state index contributed by atoms with van der Waals surface area (Å²) in [5.74, 6) is 0.347. The molecule has 28 heavy (non-hydrogen) atoms. The van der Waals surface area contributed by atoms with Crippen LogP contribution in [-0.2, 0) is 11.3 Å². The Labute approximate surface area is 164 Å². The van der Waals surface area contributed by atoms with E-state index in [1.165, 1.54) is 17.7 Å². The minimum Gasteiger partial charge on any atom is -0.496 e. The molecule has 2 saturated heterocycles. The molecule has 4 rings (SSSR count). The summed E-state index contributed by atoms with van der Waals surface area (Å²) < 4.78 is 5.53. The van der Waals surface area contributed by atoms with Crippen molar-refractivity contribution in [3.05, 3.63) is 65.4 Å². The Balaban J connectivity index is 1.56. The number of anilines is 1. The van der Waals surface area contributed by atoms with E-state index >= 15 is 0 Å². The van der Waals surface area contributed by atoms with Gasteiger partial charge in [-0.05, 0) is 36.6 Å². The molecular weight excluding hydrogens is 354 g/mol. The van der Waals surface area contributed by atoms with Crippen LogP contribution in [-0.4, -0.2) is 37.0 Å². The number of urea groups is 1. The molecule has 144 valence electrons. The zero-order valence-electron chi connectivity index (χ0n) is 15.9. The van der Waals surface area contributed by atoms with Crippen LogP contribution in [0.25, 0.3) is 6.08 Å². The predicted octanol–water partition coefficient (Wildman–Crippen LogP) is 3.39. The molecule has 2 aromatic carbocycles. The minimum atomic E-state index is -0.409. The van der Waals surface area contributed by atoms with Crippen molar-refractivity contribution in [1.29, 1.82) is 0 Å². The lowest BCUT2D eigenvalue weighted by Crippen LogP contribution is -2.30. The van der Waals surface area contributed by atoms with Gasteiger partial charge in [0.2, 0.25) is 0 Å². The van der Waals surface area contributed by atoms with Crippen LogP contribution in [0, 0.1) is 0 Å². The van der Waals surface area contributed by atoms with E-state index in [0.29, 0.717) is 5.75 Å². The third kappa shape index (κ3) is 3.58. The van der Waals surface area contributed by atoms with Crippen LogP contribution in [0.15, 0.2) is 54.2 Å². The summed E-state index contributed by atoms with van der Waals surface area (Å²) in [6.07, 6.45) is 4.08. The normalized spacial score (nSPS) is 18.1. The molecule has 6 nitrogen and oxygen atoms in total. The van der Waals surface area contributed by atoms with Crippen molar-refractivity contribution in [3.8, 4) is 5.75 Å². The zero-order chi connectivity index (χ0) is 19.5. The molecule has 2 heterocycles. The molecule has 0 unspecified atom stereocenters. The van der Waals surface area contributed by atoms with E-state index < -0.39 is 6.03 Å². The first-order valence-corrected chi connectivity index (χ1v) is 9.47. The largest absolute Gasteiger partial charge is 0.496 e. The van der Waals surface area contributed by atoms with Gasteiger partial charge < -0.3 is 15.0 Å². The molecule has 0 saturated carbocycles. The Morgan fingerprint density at radius 1 is 1.07 bits per heavy atom. The highest BCUT2D eigenvalue weighted by Crippen LogP contribution is 2.30. The maximum atomic E-state index is 12.7. The van der Waals surface area contributed by atoms with Crippen LogP contribution in [0.5, 0.6) is 5.75 Å². The number of nitrogens with one attached hydrogen (secondary N) is 1. The SMILES string of the molecule is COc1cc(N2CCCC2)ccc1C=C1NC(=O)N(Cc2ccccc2)C1=O. The lowest BCUT2D eigenvalue weighted by atomic mass is 10.1. The number of nitrogens with zero attached hydrogens (tertiary/aromatic N) is 2. The third-order valence-corrected chi connectivity index (χ3v) is 5.13. The highest BCUT2D eigenvalue weighted by Gasteiger charge is 2.33. The second-order valence-electron chi connectivity index (χ2n) is 6.99. The summed E-state index contributed by atoms with van der Waals surface area (Å²) in [4.78, 5) is 28.6. The topological polar surface area (TPSA) is 61.9 Å². The molecule has 3 amide bonds. The van der Waals surface area contributed by atoms with Crippen LogP contribution in [0.1, 0.15) is 24.0 Å². The molecule has 2 aromatic rings. The van der Waals surface area contributed by atoms with Crippen molar-refractivity contribution < 1.29 is 14.3 Å². The van der Waals surface area contributed by atoms with Gasteiger partial charge in [-0.15, -0.1) is 0 Å². The maximum Gasteiger partial charge on any atom is 0.329 e. The molecule has 2 aliphatic heterocycles. The smallest absolute Gasteiger partial charge is 0.329 e. The minimum absolute atomic E-state index is 0.244. The van der Waals surface area contributed by atoms with Crippen molar-refractivity contribution >= 4 is 23.7 Å². The summed E-state index contributed by atoms with van der Waals surface area (Å²) in [6.45, 7) is 2.34. The quantitative estimate of drug-likeness (QED) is 0.641. The van der Waals surface area contributed by atoms with E-state index in [0.717, 1.165) is 29.9 Å². The van der Waals surface area contributed by atoms with Gasteiger partial charge >= 0.3 is 6.03 Å². The zero-order valence-corrected chi connectivity index (χ0v) is 15.9. The number of imide groups is 1. The molecule has 2 aliphatic rings. The number of carbonyl (C=O) groups excluding carboxylic acids is 2. The molecule has 0 atom stereocenters. The van der Waals surface area contributed by atoms with E-state index in [-0.39, 0.29) is 18.1 Å². The summed E-state index contributed by atoms with van der Waals surface area (Å²) in [5, 5.41) is 2.68. The summed E-state index contributed by atoms with van der Waals surface area (Å²) in [7, 11) is 1.61. The number of ether oxygens (including phenoxy) is 1. The van der Waals surface area contributed by atoms with Gasteiger partial charge in [0.25, 0.3) is 5.91 Å². The monoisotopic (exact) mass is 377 g/mol. The fraction of sp³-hybridized carbons (Fsp3) is 0.273.